The zero-order valence-electron chi connectivity index (χ0n) is 17.3. The summed E-state index contributed by atoms with van der Waals surface area (Å²) in [6.07, 6.45) is -0.798. The van der Waals surface area contributed by atoms with Gasteiger partial charge in [0.15, 0.2) is 0 Å². The molecule has 0 aliphatic rings. The first-order chi connectivity index (χ1) is 15.4. The Bertz CT molecular complexity index is 1120. The van der Waals surface area contributed by atoms with Crippen LogP contribution in [0.25, 0.3) is 0 Å². The number of carbonyl (C=O) groups excluding carboxylic acids is 3. The van der Waals surface area contributed by atoms with Crippen LogP contribution in [-0.4, -0.2) is 24.6 Å². The molecule has 0 saturated heterocycles. The van der Waals surface area contributed by atoms with E-state index < -0.39 is 6.16 Å². The first-order valence-corrected chi connectivity index (χ1v) is 10.6. The molecule has 0 spiro atoms. The van der Waals surface area contributed by atoms with Crippen LogP contribution >= 0.6 is 15.9 Å². The van der Waals surface area contributed by atoms with Crippen LogP contribution in [0.2, 0.25) is 0 Å². The standard InChI is InChI=1S/C24H21BrN2O5/c1-2-31-24(30)32-21-11-9-17(10-12-21)23(29)27-20-8-3-5-16(13-20)15-26-22(28)18-6-4-7-19(25)14-18/h3-14H,2,15H2,1H3,(H,26,28)(H,27,29). The molecular weight excluding hydrogens is 476 g/mol. The Kier molecular flexibility index (Phi) is 7.99. The quantitative estimate of drug-likeness (QED) is 0.347. The summed E-state index contributed by atoms with van der Waals surface area (Å²) in [5, 5.41) is 5.68. The van der Waals surface area contributed by atoms with Crippen LogP contribution in [0.3, 0.4) is 0 Å². The second kappa shape index (κ2) is 11.1. The lowest BCUT2D eigenvalue weighted by Crippen LogP contribution is -2.22. The number of hydrogen-bond donors (Lipinski definition) is 2. The smallest absolute Gasteiger partial charge is 0.434 e. The maximum atomic E-state index is 12.5. The molecule has 0 aliphatic carbocycles. The Morgan fingerprint density at radius 3 is 2.34 bits per heavy atom. The molecule has 164 valence electrons. The van der Waals surface area contributed by atoms with Crippen LogP contribution < -0.4 is 15.4 Å². The lowest BCUT2D eigenvalue weighted by molar-refractivity contribution is 0.0949. The normalized spacial score (nSPS) is 10.2. The van der Waals surface area contributed by atoms with E-state index in [4.69, 9.17) is 9.47 Å². The molecule has 0 saturated carbocycles. The molecule has 32 heavy (non-hydrogen) atoms. The average Bonchev–Trinajstić information content (AvgIpc) is 2.78. The van der Waals surface area contributed by atoms with E-state index in [2.05, 4.69) is 26.6 Å². The van der Waals surface area contributed by atoms with Gasteiger partial charge in [0.05, 0.1) is 6.61 Å². The van der Waals surface area contributed by atoms with Gasteiger partial charge in [-0.1, -0.05) is 34.1 Å². The summed E-state index contributed by atoms with van der Waals surface area (Å²) in [7, 11) is 0. The SMILES string of the molecule is CCOC(=O)Oc1ccc(C(=O)Nc2cccc(CNC(=O)c3cccc(Br)c3)c2)cc1. The Hall–Kier alpha value is -3.65. The number of ether oxygens (including phenoxy) is 2. The Balaban J connectivity index is 1.57. The van der Waals surface area contributed by atoms with Gasteiger partial charge >= 0.3 is 6.16 Å². The van der Waals surface area contributed by atoms with Crippen LogP contribution in [-0.2, 0) is 11.3 Å². The maximum absolute atomic E-state index is 12.5. The summed E-state index contributed by atoms with van der Waals surface area (Å²) in [5.74, 6) is -0.225. The fourth-order valence-corrected chi connectivity index (χ4v) is 3.19. The Morgan fingerprint density at radius 2 is 1.62 bits per heavy atom. The van der Waals surface area contributed by atoms with E-state index in [0.717, 1.165) is 10.0 Å². The molecule has 0 heterocycles. The largest absolute Gasteiger partial charge is 0.513 e. The fraction of sp³-hybridized carbons (Fsp3) is 0.125. The van der Waals surface area contributed by atoms with Crippen molar-refractivity contribution in [3.63, 3.8) is 0 Å². The van der Waals surface area contributed by atoms with Crippen LogP contribution in [0.1, 0.15) is 33.2 Å². The predicted octanol–water partition coefficient (Wildman–Crippen LogP) is 5.17. The number of anilines is 1. The number of rotatable bonds is 7. The van der Waals surface area contributed by atoms with Crippen LogP contribution in [0.5, 0.6) is 5.75 Å². The van der Waals surface area contributed by atoms with Crippen molar-refractivity contribution in [1.29, 1.82) is 0 Å². The van der Waals surface area contributed by atoms with Crippen molar-refractivity contribution in [2.75, 3.05) is 11.9 Å². The molecule has 2 amide bonds. The molecule has 0 aromatic heterocycles. The highest BCUT2D eigenvalue weighted by molar-refractivity contribution is 9.10. The molecule has 0 unspecified atom stereocenters. The molecule has 0 fully saturated rings. The van der Waals surface area contributed by atoms with Gasteiger partial charge in [-0.15, -0.1) is 0 Å². The molecule has 3 rings (SSSR count). The third-order valence-electron chi connectivity index (χ3n) is 4.30. The second-order valence-corrected chi connectivity index (χ2v) is 7.57. The van der Waals surface area contributed by atoms with Crippen LogP contribution in [0.4, 0.5) is 10.5 Å². The zero-order chi connectivity index (χ0) is 22.9. The van der Waals surface area contributed by atoms with Crippen molar-refractivity contribution in [3.8, 4) is 5.75 Å². The molecule has 0 radical (unpaired) electrons. The highest BCUT2D eigenvalue weighted by Gasteiger charge is 2.10. The molecule has 3 aromatic rings. The molecule has 7 nitrogen and oxygen atoms in total. The van der Waals surface area contributed by atoms with Gasteiger partial charge in [-0.05, 0) is 67.1 Å². The van der Waals surface area contributed by atoms with Crippen molar-refractivity contribution < 1.29 is 23.9 Å². The summed E-state index contributed by atoms with van der Waals surface area (Å²) < 4.78 is 10.5. The van der Waals surface area contributed by atoms with Gasteiger partial charge in [0.25, 0.3) is 11.8 Å². The highest BCUT2D eigenvalue weighted by Crippen LogP contribution is 2.16. The van der Waals surface area contributed by atoms with Gasteiger partial charge in [0.2, 0.25) is 0 Å². The van der Waals surface area contributed by atoms with Crippen molar-refractivity contribution in [3.05, 3.63) is 94.0 Å². The van der Waals surface area contributed by atoms with E-state index in [1.807, 2.05) is 12.1 Å². The maximum Gasteiger partial charge on any atom is 0.513 e. The minimum absolute atomic E-state index is 0.189. The zero-order valence-corrected chi connectivity index (χ0v) is 18.8. The van der Waals surface area contributed by atoms with Crippen molar-refractivity contribution in [2.45, 2.75) is 13.5 Å². The Labute approximate surface area is 193 Å². The van der Waals surface area contributed by atoms with Crippen molar-refractivity contribution in [2.24, 2.45) is 0 Å². The Morgan fingerprint density at radius 1 is 0.875 bits per heavy atom. The first kappa shape index (κ1) is 23.0. The van der Waals surface area contributed by atoms with Gasteiger partial charge in [-0.2, -0.15) is 0 Å². The fourth-order valence-electron chi connectivity index (χ4n) is 2.79. The van der Waals surface area contributed by atoms with Crippen LogP contribution in [0.15, 0.2) is 77.3 Å². The second-order valence-electron chi connectivity index (χ2n) is 6.66. The minimum Gasteiger partial charge on any atom is -0.434 e. The number of amides is 2. The van der Waals surface area contributed by atoms with Gasteiger partial charge in [-0.25, -0.2) is 4.79 Å². The van der Waals surface area contributed by atoms with Gasteiger partial charge in [-0.3, -0.25) is 9.59 Å². The minimum atomic E-state index is -0.798. The molecule has 3 aromatic carbocycles. The molecule has 8 heteroatoms. The lowest BCUT2D eigenvalue weighted by atomic mass is 10.1. The third-order valence-corrected chi connectivity index (χ3v) is 4.80. The van der Waals surface area contributed by atoms with Crippen LogP contribution in [0, 0.1) is 0 Å². The summed E-state index contributed by atoms with van der Waals surface area (Å²) in [5.41, 5.74) is 2.38. The number of benzene rings is 3. The third kappa shape index (κ3) is 6.68. The molecule has 0 atom stereocenters. The van der Waals surface area contributed by atoms with Gasteiger partial charge in [0, 0.05) is 27.8 Å². The highest BCUT2D eigenvalue weighted by atomic mass is 79.9. The summed E-state index contributed by atoms with van der Waals surface area (Å²) in [6, 6.07) is 20.5. The summed E-state index contributed by atoms with van der Waals surface area (Å²) >= 11 is 3.35. The van der Waals surface area contributed by atoms with Crippen molar-refractivity contribution >= 4 is 39.6 Å². The predicted molar refractivity (Wildman–Crippen MR) is 124 cm³/mol. The average molecular weight is 497 g/mol. The van der Waals surface area contributed by atoms with Crippen molar-refractivity contribution in [1.82, 2.24) is 5.32 Å². The number of hydrogen-bond acceptors (Lipinski definition) is 5. The van der Waals surface area contributed by atoms with Gasteiger partial charge in [0.1, 0.15) is 5.75 Å². The molecular formula is C24H21BrN2O5. The summed E-state index contributed by atoms with van der Waals surface area (Å²) in [4.78, 5) is 36.2. The number of nitrogens with one attached hydrogen (secondary N) is 2. The van der Waals surface area contributed by atoms with Gasteiger partial charge < -0.3 is 20.1 Å². The van der Waals surface area contributed by atoms with E-state index in [0.29, 0.717) is 23.4 Å². The lowest BCUT2D eigenvalue weighted by Gasteiger charge is -2.10. The van der Waals surface area contributed by atoms with E-state index in [9.17, 15) is 14.4 Å². The molecule has 2 N–H and O–H groups in total. The van der Waals surface area contributed by atoms with E-state index >= 15 is 0 Å². The summed E-state index contributed by atoms with van der Waals surface area (Å²) in [6.45, 7) is 2.21. The number of carbonyl (C=O) groups is 3. The molecule has 0 bridgehead atoms. The first-order valence-electron chi connectivity index (χ1n) is 9.83. The molecule has 0 aliphatic heterocycles. The topological polar surface area (TPSA) is 93.7 Å². The monoisotopic (exact) mass is 496 g/mol. The number of halogens is 1. The van der Waals surface area contributed by atoms with E-state index in [-0.39, 0.29) is 24.2 Å². The van der Waals surface area contributed by atoms with E-state index in [1.54, 1.807) is 55.5 Å². The van der Waals surface area contributed by atoms with E-state index in [1.165, 1.54) is 12.1 Å².